The molecule has 0 N–H and O–H groups in total. The van der Waals surface area contributed by atoms with E-state index in [0.717, 1.165) is 44.6 Å². The first-order valence-electron chi connectivity index (χ1n) is 9.34. The molecule has 2 aromatic rings. The topological polar surface area (TPSA) is 32.8 Å². The molecule has 0 saturated carbocycles. The number of carbonyl (C=O) groups is 1. The molecular weight excluding hydrogens is 389 g/mol. The Bertz CT molecular complexity index is 920. The second kappa shape index (κ2) is 6.22. The third-order valence-electron chi connectivity index (χ3n) is 6.09. The molecule has 8 heteroatoms. The van der Waals surface area contributed by atoms with E-state index in [9.17, 15) is 18.0 Å². The van der Waals surface area contributed by atoms with Crippen molar-refractivity contribution in [2.45, 2.75) is 24.6 Å². The molecule has 4 aliphatic rings. The number of hydrogen-bond donors (Lipinski definition) is 0. The van der Waals surface area contributed by atoms with Crippen molar-refractivity contribution in [3.05, 3.63) is 42.0 Å². The van der Waals surface area contributed by atoms with Gasteiger partial charge in [-0.15, -0.1) is 11.3 Å². The van der Waals surface area contributed by atoms with Crippen LogP contribution in [0.1, 0.15) is 18.4 Å². The van der Waals surface area contributed by atoms with E-state index in [0.29, 0.717) is 27.9 Å². The summed E-state index contributed by atoms with van der Waals surface area (Å²) < 4.78 is 44.8. The fourth-order valence-electron chi connectivity index (χ4n) is 4.66. The summed E-state index contributed by atoms with van der Waals surface area (Å²) in [5, 5.41) is 0.714. The monoisotopic (exact) mass is 408 g/mol. The molecule has 4 aliphatic heterocycles. The van der Waals surface area contributed by atoms with Gasteiger partial charge in [0.2, 0.25) is 0 Å². The standard InChI is InChI=1S/C20H19F3N2O2S/c21-20(22,23)15-3-1-2-13(10-15)16-4-5-17(28-16)25-12-19(27-18(25)26)11-24-8-6-14(19)7-9-24/h1-5,10,14H,6-9,11-12H2. The number of carbonyl (C=O) groups excluding carboxylic acids is 1. The predicted molar refractivity (Wildman–Crippen MR) is 100 cm³/mol. The average Bonchev–Trinajstić information content (AvgIpc) is 3.27. The summed E-state index contributed by atoms with van der Waals surface area (Å²) in [6.07, 6.45) is -2.65. The van der Waals surface area contributed by atoms with Crippen LogP contribution in [0, 0.1) is 5.92 Å². The van der Waals surface area contributed by atoms with E-state index in [2.05, 4.69) is 4.90 Å². The number of nitrogens with zero attached hydrogens (tertiary/aromatic N) is 2. The first kappa shape index (κ1) is 18.0. The lowest BCUT2D eigenvalue weighted by atomic mass is 9.75. The average molecular weight is 408 g/mol. The summed E-state index contributed by atoms with van der Waals surface area (Å²) >= 11 is 1.32. The number of anilines is 1. The highest BCUT2D eigenvalue weighted by molar-refractivity contribution is 7.19. The van der Waals surface area contributed by atoms with Crippen LogP contribution >= 0.6 is 11.3 Å². The molecule has 4 saturated heterocycles. The first-order valence-corrected chi connectivity index (χ1v) is 10.2. The van der Waals surface area contributed by atoms with Crippen LogP contribution in [0.5, 0.6) is 0 Å². The van der Waals surface area contributed by atoms with Crippen LogP contribution in [0.2, 0.25) is 0 Å². The lowest BCUT2D eigenvalue weighted by molar-refractivity contribution is -0.137. The number of piperidine rings is 3. The van der Waals surface area contributed by atoms with Crippen LogP contribution in [0.3, 0.4) is 0 Å². The summed E-state index contributed by atoms with van der Waals surface area (Å²) in [7, 11) is 0. The summed E-state index contributed by atoms with van der Waals surface area (Å²) in [5.41, 5.74) is -0.628. The molecule has 1 aromatic carbocycles. The molecule has 28 heavy (non-hydrogen) atoms. The summed E-state index contributed by atoms with van der Waals surface area (Å²) in [5.74, 6) is 0.384. The number of thiophene rings is 1. The molecule has 0 radical (unpaired) electrons. The number of halogens is 3. The number of benzene rings is 1. The van der Waals surface area contributed by atoms with Crippen LogP contribution in [0.15, 0.2) is 36.4 Å². The lowest BCUT2D eigenvalue weighted by Crippen LogP contribution is -2.61. The van der Waals surface area contributed by atoms with Gasteiger partial charge in [0.25, 0.3) is 0 Å². The van der Waals surface area contributed by atoms with Gasteiger partial charge in [0.1, 0.15) is 10.6 Å². The summed E-state index contributed by atoms with van der Waals surface area (Å²) in [6, 6.07) is 8.83. The van der Waals surface area contributed by atoms with Crippen LogP contribution in [-0.4, -0.2) is 42.8 Å². The fraction of sp³-hybridized carbons (Fsp3) is 0.450. The van der Waals surface area contributed by atoms with Gasteiger partial charge in [-0.05, 0) is 55.8 Å². The zero-order chi connectivity index (χ0) is 19.5. The van der Waals surface area contributed by atoms with Crippen molar-refractivity contribution in [1.29, 1.82) is 0 Å². The second-order valence-electron chi connectivity index (χ2n) is 7.79. The van der Waals surface area contributed by atoms with E-state index in [1.54, 1.807) is 23.1 Å². The number of ether oxygens (including phenoxy) is 1. The maximum atomic E-state index is 13.0. The van der Waals surface area contributed by atoms with Crippen molar-refractivity contribution >= 4 is 22.4 Å². The van der Waals surface area contributed by atoms with E-state index in [1.807, 2.05) is 0 Å². The largest absolute Gasteiger partial charge is 0.439 e. The van der Waals surface area contributed by atoms with Crippen molar-refractivity contribution < 1.29 is 22.7 Å². The minimum atomic E-state index is -4.38. The van der Waals surface area contributed by atoms with Gasteiger partial charge >= 0.3 is 12.3 Å². The van der Waals surface area contributed by atoms with Crippen molar-refractivity contribution in [3.63, 3.8) is 0 Å². The van der Waals surface area contributed by atoms with Gasteiger partial charge in [-0.1, -0.05) is 12.1 Å². The molecule has 4 fully saturated rings. The van der Waals surface area contributed by atoms with Gasteiger partial charge in [-0.2, -0.15) is 13.2 Å². The Morgan fingerprint density at radius 3 is 2.57 bits per heavy atom. The molecule has 148 valence electrons. The molecule has 6 rings (SSSR count). The molecule has 1 atom stereocenters. The molecule has 1 unspecified atom stereocenters. The molecule has 2 bridgehead atoms. The van der Waals surface area contributed by atoms with Crippen LogP contribution in [0.4, 0.5) is 23.0 Å². The van der Waals surface area contributed by atoms with Gasteiger partial charge in [0.15, 0.2) is 0 Å². The van der Waals surface area contributed by atoms with Gasteiger partial charge < -0.3 is 4.74 Å². The number of fused-ring (bicyclic) bond motifs is 2. The summed E-state index contributed by atoms with van der Waals surface area (Å²) in [6.45, 7) is 3.40. The highest BCUT2D eigenvalue weighted by Gasteiger charge is 2.55. The minimum Gasteiger partial charge on any atom is -0.439 e. The molecule has 1 aromatic heterocycles. The number of amides is 1. The van der Waals surface area contributed by atoms with Crippen molar-refractivity contribution in [1.82, 2.24) is 4.90 Å². The Balaban J connectivity index is 1.40. The normalized spacial score (nSPS) is 29.5. The smallest absolute Gasteiger partial charge is 0.416 e. The third kappa shape index (κ3) is 2.90. The van der Waals surface area contributed by atoms with E-state index >= 15 is 0 Å². The maximum absolute atomic E-state index is 13.0. The van der Waals surface area contributed by atoms with Crippen LogP contribution in [-0.2, 0) is 10.9 Å². The summed E-state index contributed by atoms with van der Waals surface area (Å²) in [4.78, 5) is 17.3. The Morgan fingerprint density at radius 1 is 1.11 bits per heavy atom. The first-order chi connectivity index (χ1) is 13.3. The highest BCUT2D eigenvalue weighted by atomic mass is 32.1. The SMILES string of the molecule is O=C1OC2(CN3CCC2CC3)CN1c1ccc(-c2cccc(C(F)(F)F)c2)s1. The zero-order valence-corrected chi connectivity index (χ0v) is 15.9. The quantitative estimate of drug-likeness (QED) is 0.712. The minimum absolute atomic E-state index is 0.355. The van der Waals surface area contributed by atoms with Crippen molar-refractivity contribution in [2.24, 2.45) is 5.92 Å². The predicted octanol–water partition coefficient (Wildman–Crippen LogP) is 4.85. The van der Waals surface area contributed by atoms with Crippen molar-refractivity contribution in [3.8, 4) is 10.4 Å². The van der Waals surface area contributed by atoms with Crippen LogP contribution in [0.25, 0.3) is 10.4 Å². The van der Waals surface area contributed by atoms with Crippen LogP contribution < -0.4 is 4.90 Å². The Morgan fingerprint density at radius 2 is 1.89 bits per heavy atom. The lowest BCUT2D eigenvalue weighted by Gasteiger charge is -2.49. The van der Waals surface area contributed by atoms with Gasteiger partial charge in [0, 0.05) is 17.3 Å². The Labute approximate surface area is 164 Å². The molecule has 5 heterocycles. The zero-order valence-electron chi connectivity index (χ0n) is 15.0. The van der Waals surface area contributed by atoms with E-state index in [1.165, 1.54) is 17.4 Å². The maximum Gasteiger partial charge on any atom is 0.416 e. The third-order valence-corrected chi connectivity index (χ3v) is 7.25. The van der Waals surface area contributed by atoms with E-state index < -0.39 is 17.3 Å². The van der Waals surface area contributed by atoms with E-state index in [4.69, 9.17) is 4.74 Å². The van der Waals surface area contributed by atoms with Gasteiger partial charge in [-0.25, -0.2) is 4.79 Å². The molecule has 4 nitrogen and oxygen atoms in total. The Hall–Kier alpha value is -2.06. The fourth-order valence-corrected chi connectivity index (χ4v) is 5.65. The number of alkyl halides is 3. The second-order valence-corrected chi connectivity index (χ2v) is 8.85. The van der Waals surface area contributed by atoms with E-state index in [-0.39, 0.29) is 6.09 Å². The molecule has 0 aliphatic carbocycles. The van der Waals surface area contributed by atoms with Gasteiger partial charge in [0.05, 0.1) is 12.1 Å². The van der Waals surface area contributed by atoms with Crippen molar-refractivity contribution in [2.75, 3.05) is 31.1 Å². The number of hydrogen-bond acceptors (Lipinski definition) is 4. The molecular formula is C20H19F3N2O2S. The van der Waals surface area contributed by atoms with Gasteiger partial charge in [-0.3, -0.25) is 9.80 Å². The number of rotatable bonds is 2. The highest BCUT2D eigenvalue weighted by Crippen LogP contribution is 2.45. The molecule has 1 spiro atoms. The molecule has 1 amide bonds. The Kier molecular flexibility index (Phi) is 4.00.